The topological polar surface area (TPSA) is 98.9 Å². The molecule has 0 spiro atoms. The molecule has 4 aliphatic rings. The van der Waals surface area contributed by atoms with Gasteiger partial charge in [-0.25, -0.2) is 18.6 Å². The molecule has 1 aliphatic heterocycles. The van der Waals surface area contributed by atoms with E-state index in [1.807, 2.05) is 49.9 Å². The third-order valence-corrected chi connectivity index (χ3v) is 10.4. The Morgan fingerprint density at radius 2 is 1.91 bits per heavy atom. The van der Waals surface area contributed by atoms with E-state index in [4.69, 9.17) is 24.3 Å². The van der Waals surface area contributed by atoms with Crippen molar-refractivity contribution in [3.8, 4) is 28.3 Å². The Hall–Kier alpha value is -3.61. The molecule has 0 unspecified atom stereocenters. The maximum absolute atomic E-state index is 16.0. The molecule has 2 bridgehead atoms. The molecular formula is C34H38F2N4O5S. The minimum Gasteiger partial charge on any atom is -0.490 e. The summed E-state index contributed by atoms with van der Waals surface area (Å²) in [5, 5.41) is 17.8. The number of ether oxygens (including phenoxy) is 3. The van der Waals surface area contributed by atoms with Gasteiger partial charge in [0, 0.05) is 46.9 Å². The molecule has 4 heterocycles. The molecule has 9 nitrogen and oxygen atoms in total. The number of amides is 1. The van der Waals surface area contributed by atoms with E-state index in [9.17, 15) is 14.3 Å². The van der Waals surface area contributed by atoms with Crippen LogP contribution in [0.25, 0.3) is 32.6 Å². The number of aromatic nitrogens is 3. The van der Waals surface area contributed by atoms with Crippen LogP contribution in [0.1, 0.15) is 58.3 Å². The second kappa shape index (κ2) is 11.0. The minimum atomic E-state index is -0.767. The highest BCUT2D eigenvalue weighted by Gasteiger charge is 2.69. The van der Waals surface area contributed by atoms with Crippen molar-refractivity contribution in [1.29, 1.82) is 0 Å². The predicted octanol–water partition coefficient (Wildman–Crippen LogP) is 6.68. The summed E-state index contributed by atoms with van der Waals surface area (Å²) < 4.78 is 50.0. The highest BCUT2D eigenvalue weighted by Crippen LogP contribution is 2.74. The standard InChI is InChI=1S/C34H38F2N4O5S/c1-19-13-40-21(14-39(19)31(42)45-32(2,3)4)12-24(38-40)28-27(26-23(36)10-20(35)11-25(26)44-8-7-43-5)29-22(6-9-46-29)30(37-28)34-15-33(16-34,17-34)18-41/h6,9-12,19,41H,7-8,13-18H2,1-5H3/t19-,33?,34?/m1/s1. The van der Waals surface area contributed by atoms with Gasteiger partial charge in [-0.3, -0.25) is 9.58 Å². The van der Waals surface area contributed by atoms with Gasteiger partial charge in [0.1, 0.15) is 41.0 Å². The Balaban J connectivity index is 1.39. The molecule has 1 aromatic carbocycles. The third-order valence-electron chi connectivity index (χ3n) is 9.44. The Labute approximate surface area is 270 Å². The van der Waals surface area contributed by atoms with Gasteiger partial charge in [-0.1, -0.05) is 0 Å². The molecule has 46 heavy (non-hydrogen) atoms. The smallest absolute Gasteiger partial charge is 0.410 e. The zero-order chi connectivity index (χ0) is 32.6. The fourth-order valence-corrected chi connectivity index (χ4v) is 8.45. The van der Waals surface area contributed by atoms with E-state index in [-0.39, 0.29) is 54.6 Å². The van der Waals surface area contributed by atoms with Crippen LogP contribution < -0.4 is 4.74 Å². The molecule has 0 radical (unpaired) electrons. The number of aliphatic hydroxyl groups excluding tert-OH is 1. The van der Waals surface area contributed by atoms with E-state index in [0.29, 0.717) is 23.5 Å². The van der Waals surface area contributed by atoms with Crippen molar-refractivity contribution < 1.29 is 32.9 Å². The number of hydrogen-bond donors (Lipinski definition) is 1. The molecule has 1 atom stereocenters. The number of pyridine rings is 1. The van der Waals surface area contributed by atoms with Crippen LogP contribution in [0.15, 0.2) is 29.6 Å². The second-order valence-corrected chi connectivity index (χ2v) is 15.0. The molecule has 244 valence electrons. The first-order valence-electron chi connectivity index (χ1n) is 15.6. The van der Waals surface area contributed by atoms with Gasteiger partial charge in [0.05, 0.1) is 42.7 Å². The molecule has 8 rings (SSSR count). The molecule has 1 N–H and O–H groups in total. The number of nitrogens with zero attached hydrogens (tertiary/aromatic N) is 4. The summed E-state index contributed by atoms with van der Waals surface area (Å²) in [6.07, 6.45) is 2.12. The van der Waals surface area contributed by atoms with Gasteiger partial charge in [-0.2, -0.15) is 5.10 Å². The zero-order valence-electron chi connectivity index (χ0n) is 26.7. The van der Waals surface area contributed by atoms with Crippen molar-refractivity contribution in [2.45, 2.75) is 77.1 Å². The van der Waals surface area contributed by atoms with Crippen LogP contribution >= 0.6 is 11.3 Å². The molecule has 3 aromatic heterocycles. The number of halogens is 2. The molecular weight excluding hydrogens is 614 g/mol. The Kier molecular flexibility index (Phi) is 7.41. The van der Waals surface area contributed by atoms with Gasteiger partial charge >= 0.3 is 6.09 Å². The lowest BCUT2D eigenvalue weighted by Crippen LogP contribution is -2.66. The van der Waals surface area contributed by atoms with Crippen LogP contribution in [0.5, 0.6) is 5.75 Å². The van der Waals surface area contributed by atoms with E-state index in [1.54, 1.807) is 4.90 Å². The minimum absolute atomic E-state index is 0.0525. The van der Waals surface area contributed by atoms with Gasteiger partial charge in [0.25, 0.3) is 0 Å². The highest BCUT2D eigenvalue weighted by molar-refractivity contribution is 7.17. The monoisotopic (exact) mass is 652 g/mol. The normalized spacial score (nSPS) is 23.6. The Bertz CT molecular complexity index is 1830. The van der Waals surface area contributed by atoms with E-state index < -0.39 is 23.3 Å². The number of fused-ring (bicyclic) bond motifs is 2. The summed E-state index contributed by atoms with van der Waals surface area (Å²) in [6.45, 7) is 8.68. The molecule has 3 fully saturated rings. The van der Waals surface area contributed by atoms with Crippen molar-refractivity contribution >= 4 is 27.5 Å². The van der Waals surface area contributed by atoms with Crippen LogP contribution in [-0.4, -0.2) is 69.4 Å². The van der Waals surface area contributed by atoms with Crippen molar-refractivity contribution in [2.75, 3.05) is 26.9 Å². The molecule has 12 heteroatoms. The summed E-state index contributed by atoms with van der Waals surface area (Å²) in [4.78, 5) is 20.0. The summed E-state index contributed by atoms with van der Waals surface area (Å²) in [6, 6.07) is 5.77. The summed E-state index contributed by atoms with van der Waals surface area (Å²) in [5.41, 5.74) is 2.43. The first-order valence-corrected chi connectivity index (χ1v) is 16.4. The number of rotatable bonds is 8. The number of aliphatic hydroxyl groups is 1. The molecule has 3 saturated carbocycles. The first kappa shape index (κ1) is 31.0. The van der Waals surface area contributed by atoms with Gasteiger partial charge in [0.2, 0.25) is 0 Å². The zero-order valence-corrected chi connectivity index (χ0v) is 27.5. The summed E-state index contributed by atoms with van der Waals surface area (Å²) in [7, 11) is 1.53. The van der Waals surface area contributed by atoms with E-state index in [2.05, 4.69) is 0 Å². The molecule has 1 amide bonds. The van der Waals surface area contributed by atoms with Crippen molar-refractivity contribution in [1.82, 2.24) is 19.7 Å². The lowest BCUT2D eigenvalue weighted by molar-refractivity contribution is -0.169. The Morgan fingerprint density at radius 3 is 2.61 bits per heavy atom. The SMILES string of the molecule is COCCOc1cc(F)cc(F)c1-c1c(-c2cc3n(n2)C[C@@H](C)N(C(=O)OC(C)(C)C)C3)nc(C23CC(CO)(C2)C3)c2ccsc12. The quantitative estimate of drug-likeness (QED) is 0.212. The number of hydrogen-bond acceptors (Lipinski definition) is 8. The number of benzene rings is 1. The average Bonchev–Trinajstić information content (AvgIpc) is 3.58. The summed E-state index contributed by atoms with van der Waals surface area (Å²) >= 11 is 1.47. The van der Waals surface area contributed by atoms with Crippen LogP contribution in [0, 0.1) is 17.0 Å². The van der Waals surface area contributed by atoms with E-state index >= 15 is 4.39 Å². The second-order valence-electron chi connectivity index (χ2n) is 14.1. The van der Waals surface area contributed by atoms with Gasteiger partial charge in [-0.15, -0.1) is 11.3 Å². The van der Waals surface area contributed by atoms with Crippen LogP contribution in [0.2, 0.25) is 0 Å². The Morgan fingerprint density at radius 1 is 1.15 bits per heavy atom. The fraction of sp³-hybridized carbons (Fsp3) is 0.500. The maximum atomic E-state index is 16.0. The largest absolute Gasteiger partial charge is 0.490 e. The third kappa shape index (κ3) is 5.05. The van der Waals surface area contributed by atoms with Crippen LogP contribution in [0.4, 0.5) is 13.6 Å². The van der Waals surface area contributed by atoms with Crippen LogP contribution in [-0.2, 0) is 28.0 Å². The molecule has 4 aromatic rings. The van der Waals surface area contributed by atoms with Gasteiger partial charge < -0.3 is 19.3 Å². The van der Waals surface area contributed by atoms with Crippen molar-refractivity contribution in [3.63, 3.8) is 0 Å². The van der Waals surface area contributed by atoms with E-state index in [1.165, 1.54) is 24.5 Å². The van der Waals surface area contributed by atoms with Gasteiger partial charge in [0.15, 0.2) is 0 Å². The number of thiophene rings is 1. The van der Waals surface area contributed by atoms with Crippen molar-refractivity contribution in [3.05, 3.63) is 52.7 Å². The lowest BCUT2D eigenvalue weighted by atomic mass is 9.34. The molecule has 3 aliphatic carbocycles. The first-order chi connectivity index (χ1) is 21.9. The fourth-order valence-electron chi connectivity index (χ4n) is 7.51. The van der Waals surface area contributed by atoms with Crippen molar-refractivity contribution in [2.24, 2.45) is 5.41 Å². The van der Waals surface area contributed by atoms with E-state index in [0.717, 1.165) is 46.8 Å². The lowest BCUT2D eigenvalue weighted by Gasteiger charge is -2.70. The number of carbonyl (C=O) groups is 1. The number of methoxy groups -OCH3 is 1. The van der Waals surface area contributed by atoms with Gasteiger partial charge in [-0.05, 0) is 69.9 Å². The average molecular weight is 653 g/mol. The predicted molar refractivity (Wildman–Crippen MR) is 170 cm³/mol. The summed E-state index contributed by atoms with van der Waals surface area (Å²) in [5.74, 6) is -1.46. The maximum Gasteiger partial charge on any atom is 0.410 e. The highest BCUT2D eigenvalue weighted by atomic mass is 32.1. The molecule has 0 saturated heterocycles. The van der Waals surface area contributed by atoms with Crippen LogP contribution in [0.3, 0.4) is 0 Å². The number of carbonyl (C=O) groups excluding carboxylic acids is 1.